The molecule has 0 saturated heterocycles. The van der Waals surface area contributed by atoms with Crippen LogP contribution in [0.15, 0.2) is 83.3 Å². The molecule has 0 bridgehead atoms. The van der Waals surface area contributed by atoms with Gasteiger partial charge in [-0.25, -0.2) is 0 Å². The third kappa shape index (κ3) is 8.12. The van der Waals surface area contributed by atoms with E-state index < -0.39 is 6.04 Å². The molecule has 190 valence electrons. The molecule has 2 amide bonds. The molecular weight excluding hydrogens is 520 g/mol. The minimum Gasteiger partial charge on any atom is -0.497 e. The quantitative estimate of drug-likeness (QED) is 0.327. The Labute approximate surface area is 221 Å². The van der Waals surface area contributed by atoms with Crippen molar-refractivity contribution in [1.29, 1.82) is 0 Å². The third-order valence-electron chi connectivity index (χ3n) is 5.96. The molecule has 0 fully saturated rings. The average Bonchev–Trinajstić information content (AvgIpc) is 2.91. The van der Waals surface area contributed by atoms with Crippen molar-refractivity contribution in [3.63, 3.8) is 0 Å². The van der Waals surface area contributed by atoms with Gasteiger partial charge in [0.05, 0.1) is 7.11 Å². The summed E-state index contributed by atoms with van der Waals surface area (Å²) < 4.78 is 11.9. The zero-order valence-corrected chi connectivity index (χ0v) is 22.5. The summed E-state index contributed by atoms with van der Waals surface area (Å²) in [5.74, 6) is 0.809. The Morgan fingerprint density at radius 2 is 1.56 bits per heavy atom. The first-order chi connectivity index (χ1) is 17.4. The molecular formula is C29H33BrN2O4. The van der Waals surface area contributed by atoms with Crippen molar-refractivity contribution in [2.45, 2.75) is 45.3 Å². The molecule has 36 heavy (non-hydrogen) atoms. The predicted molar refractivity (Wildman–Crippen MR) is 145 cm³/mol. The second-order valence-electron chi connectivity index (χ2n) is 8.64. The maximum Gasteiger partial charge on any atom is 0.261 e. The molecule has 0 unspecified atom stereocenters. The van der Waals surface area contributed by atoms with Gasteiger partial charge < -0.3 is 19.7 Å². The van der Waals surface area contributed by atoms with E-state index in [0.717, 1.165) is 22.0 Å². The first kappa shape index (κ1) is 27.3. The van der Waals surface area contributed by atoms with Crippen LogP contribution in [-0.2, 0) is 22.6 Å². The lowest BCUT2D eigenvalue weighted by molar-refractivity contribution is -0.143. The highest BCUT2D eigenvalue weighted by Gasteiger charge is 2.31. The predicted octanol–water partition coefficient (Wildman–Crippen LogP) is 5.39. The lowest BCUT2D eigenvalue weighted by atomic mass is 10.0. The number of halogens is 1. The number of amides is 2. The maximum atomic E-state index is 13.6. The van der Waals surface area contributed by atoms with Gasteiger partial charge >= 0.3 is 0 Å². The first-order valence-corrected chi connectivity index (χ1v) is 12.8. The number of nitrogens with zero attached hydrogens (tertiary/aromatic N) is 1. The Hall–Kier alpha value is -3.32. The Bertz CT molecular complexity index is 1100. The molecule has 6 nitrogen and oxygen atoms in total. The topological polar surface area (TPSA) is 67.9 Å². The zero-order valence-electron chi connectivity index (χ0n) is 20.9. The highest BCUT2D eigenvalue weighted by molar-refractivity contribution is 9.10. The van der Waals surface area contributed by atoms with E-state index in [1.54, 1.807) is 36.3 Å². The van der Waals surface area contributed by atoms with Crippen LogP contribution in [0.5, 0.6) is 11.5 Å². The second kappa shape index (κ2) is 13.7. The Kier molecular flexibility index (Phi) is 10.4. The molecule has 0 saturated carbocycles. The highest BCUT2D eigenvalue weighted by atomic mass is 79.9. The number of rotatable bonds is 12. The van der Waals surface area contributed by atoms with Crippen molar-refractivity contribution in [1.82, 2.24) is 10.2 Å². The molecule has 0 heterocycles. The molecule has 0 spiro atoms. The molecule has 3 rings (SSSR count). The van der Waals surface area contributed by atoms with Gasteiger partial charge in [-0.3, -0.25) is 9.59 Å². The minimum absolute atomic E-state index is 0.00375. The Morgan fingerprint density at radius 1 is 0.917 bits per heavy atom. The van der Waals surface area contributed by atoms with Gasteiger partial charge in [-0.2, -0.15) is 0 Å². The third-order valence-corrected chi connectivity index (χ3v) is 6.49. The van der Waals surface area contributed by atoms with Crippen molar-refractivity contribution in [3.05, 3.63) is 94.5 Å². The number of carbonyl (C=O) groups is 2. The van der Waals surface area contributed by atoms with Crippen molar-refractivity contribution >= 4 is 27.7 Å². The van der Waals surface area contributed by atoms with E-state index in [1.807, 2.05) is 68.4 Å². The fourth-order valence-electron chi connectivity index (χ4n) is 3.68. The van der Waals surface area contributed by atoms with Gasteiger partial charge in [-0.15, -0.1) is 0 Å². The van der Waals surface area contributed by atoms with Crippen LogP contribution in [0.25, 0.3) is 0 Å². The van der Waals surface area contributed by atoms with E-state index in [4.69, 9.17) is 9.47 Å². The largest absolute Gasteiger partial charge is 0.497 e. The van der Waals surface area contributed by atoms with Crippen LogP contribution in [0.4, 0.5) is 0 Å². The van der Waals surface area contributed by atoms with Gasteiger partial charge in [0.2, 0.25) is 5.91 Å². The van der Waals surface area contributed by atoms with Crippen LogP contribution in [-0.4, -0.2) is 42.5 Å². The molecule has 3 aromatic carbocycles. The van der Waals surface area contributed by atoms with Crippen LogP contribution >= 0.6 is 15.9 Å². The van der Waals surface area contributed by atoms with Gasteiger partial charge in [0, 0.05) is 23.5 Å². The van der Waals surface area contributed by atoms with Crippen LogP contribution in [0.2, 0.25) is 0 Å². The molecule has 3 aromatic rings. The number of methoxy groups -OCH3 is 1. The summed E-state index contributed by atoms with van der Waals surface area (Å²) in [6, 6.07) is 23.9. The van der Waals surface area contributed by atoms with Gasteiger partial charge in [-0.1, -0.05) is 65.3 Å². The summed E-state index contributed by atoms with van der Waals surface area (Å²) in [6.45, 7) is 4.07. The SMILES string of the molecule is CC[C@@H](C)NC(=O)[C@H](Cc1ccccc1)N(Cc1ccc(Br)cc1)C(=O)COc1ccc(OC)cc1. The van der Waals surface area contributed by atoms with E-state index in [-0.39, 0.29) is 31.0 Å². The van der Waals surface area contributed by atoms with Crippen molar-refractivity contribution < 1.29 is 19.1 Å². The Balaban J connectivity index is 1.88. The summed E-state index contributed by atoms with van der Waals surface area (Å²) in [5.41, 5.74) is 1.90. The molecule has 0 aliphatic rings. The summed E-state index contributed by atoms with van der Waals surface area (Å²) in [5, 5.41) is 3.07. The average molecular weight is 553 g/mol. The molecule has 7 heteroatoms. The van der Waals surface area contributed by atoms with Crippen LogP contribution in [0, 0.1) is 0 Å². The van der Waals surface area contributed by atoms with E-state index in [9.17, 15) is 9.59 Å². The van der Waals surface area contributed by atoms with E-state index in [0.29, 0.717) is 17.9 Å². The highest BCUT2D eigenvalue weighted by Crippen LogP contribution is 2.20. The van der Waals surface area contributed by atoms with Crippen molar-refractivity contribution in [2.24, 2.45) is 0 Å². The lowest BCUT2D eigenvalue weighted by Crippen LogP contribution is -2.53. The number of carbonyl (C=O) groups excluding carboxylic acids is 2. The fourth-order valence-corrected chi connectivity index (χ4v) is 3.95. The summed E-state index contributed by atoms with van der Waals surface area (Å²) >= 11 is 3.46. The van der Waals surface area contributed by atoms with Crippen LogP contribution in [0.1, 0.15) is 31.4 Å². The minimum atomic E-state index is -0.697. The van der Waals surface area contributed by atoms with E-state index in [2.05, 4.69) is 21.2 Å². The van der Waals surface area contributed by atoms with E-state index >= 15 is 0 Å². The lowest BCUT2D eigenvalue weighted by Gasteiger charge is -2.32. The standard InChI is InChI=1S/C29H33BrN2O4/c1-4-21(2)31-29(34)27(18-22-8-6-5-7-9-22)32(19-23-10-12-24(30)13-11-23)28(33)20-36-26-16-14-25(35-3)15-17-26/h5-17,21,27H,4,18-20H2,1-3H3,(H,31,34)/t21-,27+/m1/s1. The van der Waals surface area contributed by atoms with E-state index in [1.165, 1.54) is 0 Å². The molecule has 0 aliphatic carbocycles. The van der Waals surface area contributed by atoms with Gasteiger partial charge in [-0.05, 0) is 60.9 Å². The number of benzene rings is 3. The number of hydrogen-bond acceptors (Lipinski definition) is 4. The number of ether oxygens (including phenoxy) is 2. The zero-order chi connectivity index (χ0) is 25.9. The molecule has 1 N–H and O–H groups in total. The monoisotopic (exact) mass is 552 g/mol. The van der Waals surface area contributed by atoms with Gasteiger partial charge in [0.1, 0.15) is 17.5 Å². The normalized spacial score (nSPS) is 12.3. The van der Waals surface area contributed by atoms with Gasteiger partial charge in [0.25, 0.3) is 5.91 Å². The molecule has 2 atom stereocenters. The summed E-state index contributed by atoms with van der Waals surface area (Å²) in [4.78, 5) is 28.7. The number of hydrogen-bond donors (Lipinski definition) is 1. The smallest absolute Gasteiger partial charge is 0.261 e. The summed E-state index contributed by atoms with van der Waals surface area (Å²) in [6.07, 6.45) is 1.19. The Morgan fingerprint density at radius 3 is 2.17 bits per heavy atom. The van der Waals surface area contributed by atoms with Crippen molar-refractivity contribution in [3.8, 4) is 11.5 Å². The fraction of sp³-hybridized carbons (Fsp3) is 0.310. The van der Waals surface area contributed by atoms with Crippen LogP contribution < -0.4 is 14.8 Å². The maximum absolute atomic E-state index is 13.6. The first-order valence-electron chi connectivity index (χ1n) is 12.0. The van der Waals surface area contributed by atoms with Crippen molar-refractivity contribution in [2.75, 3.05) is 13.7 Å². The van der Waals surface area contributed by atoms with Crippen LogP contribution in [0.3, 0.4) is 0 Å². The molecule has 0 aromatic heterocycles. The number of nitrogens with one attached hydrogen (secondary N) is 1. The summed E-state index contributed by atoms with van der Waals surface area (Å²) in [7, 11) is 1.59. The molecule has 0 radical (unpaired) electrons. The van der Waals surface area contributed by atoms with Gasteiger partial charge in [0.15, 0.2) is 6.61 Å². The second-order valence-corrected chi connectivity index (χ2v) is 9.55. The molecule has 0 aliphatic heterocycles.